The third-order valence-corrected chi connectivity index (χ3v) is 5.62. The molecule has 0 radical (unpaired) electrons. The lowest BCUT2D eigenvalue weighted by molar-refractivity contribution is -0.127. The van der Waals surface area contributed by atoms with E-state index in [0.29, 0.717) is 12.2 Å². The van der Waals surface area contributed by atoms with Crippen LogP contribution in [0.4, 0.5) is 0 Å². The molecule has 1 aromatic rings. The van der Waals surface area contributed by atoms with Gasteiger partial charge in [0.15, 0.2) is 0 Å². The predicted molar refractivity (Wildman–Crippen MR) is 112 cm³/mol. The summed E-state index contributed by atoms with van der Waals surface area (Å²) in [6.07, 6.45) is 11.3. The molecule has 2 rings (SSSR count). The second kappa shape index (κ2) is 12.4. The molecule has 2 N–H and O–H groups in total. The van der Waals surface area contributed by atoms with Gasteiger partial charge in [0.1, 0.15) is 5.75 Å². The van der Waals surface area contributed by atoms with E-state index < -0.39 is 0 Å². The highest BCUT2D eigenvalue weighted by molar-refractivity contribution is 5.95. The van der Waals surface area contributed by atoms with Gasteiger partial charge in [0.05, 0.1) is 6.61 Å². The minimum absolute atomic E-state index is 0.0112. The monoisotopic (exact) mass is 388 g/mol. The Morgan fingerprint density at radius 1 is 0.929 bits per heavy atom. The molecule has 5 heteroatoms. The Labute approximate surface area is 169 Å². The highest BCUT2D eigenvalue weighted by Crippen LogP contribution is 2.32. The van der Waals surface area contributed by atoms with Crippen molar-refractivity contribution in [2.45, 2.75) is 78.1 Å². The Balaban J connectivity index is 1.69. The molecular formula is C23H36N2O3. The van der Waals surface area contributed by atoms with Crippen LogP contribution in [0.5, 0.6) is 5.75 Å². The smallest absolute Gasteiger partial charge is 0.269 e. The van der Waals surface area contributed by atoms with Crippen LogP contribution < -0.4 is 15.6 Å². The zero-order valence-corrected chi connectivity index (χ0v) is 17.5. The molecule has 156 valence electrons. The fourth-order valence-electron chi connectivity index (χ4n) is 3.73. The van der Waals surface area contributed by atoms with E-state index >= 15 is 0 Å². The first-order chi connectivity index (χ1) is 13.6. The van der Waals surface area contributed by atoms with Crippen LogP contribution in [0.1, 0.15) is 88.4 Å². The molecule has 0 heterocycles. The summed E-state index contributed by atoms with van der Waals surface area (Å²) < 4.78 is 5.60. The highest BCUT2D eigenvalue weighted by Gasteiger charge is 2.26. The maximum absolute atomic E-state index is 12.4. The van der Waals surface area contributed by atoms with Crippen LogP contribution in [0.3, 0.4) is 0 Å². The summed E-state index contributed by atoms with van der Waals surface area (Å²) in [5.74, 6) is 1.16. The number of carbonyl (C=O) groups excluding carboxylic acids is 2. The summed E-state index contributed by atoms with van der Waals surface area (Å²) in [6, 6.07) is 6.99. The zero-order chi connectivity index (χ0) is 20.2. The molecule has 1 aliphatic rings. The van der Waals surface area contributed by atoms with Gasteiger partial charge in [0.25, 0.3) is 5.91 Å². The van der Waals surface area contributed by atoms with Gasteiger partial charge in [-0.05, 0) is 62.3 Å². The summed E-state index contributed by atoms with van der Waals surface area (Å²) >= 11 is 0. The van der Waals surface area contributed by atoms with Gasteiger partial charge in [-0.1, -0.05) is 46.0 Å². The Kier molecular flexibility index (Phi) is 9.87. The summed E-state index contributed by atoms with van der Waals surface area (Å²) in [4.78, 5) is 24.6. The topological polar surface area (TPSA) is 67.4 Å². The summed E-state index contributed by atoms with van der Waals surface area (Å²) in [7, 11) is 0. The number of nitrogens with one attached hydrogen (secondary N) is 2. The number of benzene rings is 1. The van der Waals surface area contributed by atoms with E-state index in [1.807, 2.05) is 0 Å². The Morgan fingerprint density at radius 2 is 1.61 bits per heavy atom. The average Bonchev–Trinajstić information content (AvgIpc) is 2.73. The number of amides is 2. The van der Waals surface area contributed by atoms with E-state index in [1.165, 1.54) is 25.7 Å². The lowest BCUT2D eigenvalue weighted by atomic mass is 9.79. The number of hydrogen-bond acceptors (Lipinski definition) is 3. The molecule has 0 aliphatic heterocycles. The molecule has 0 saturated heterocycles. The standard InChI is InChI=1S/C23H36N2O3/c1-3-5-7-8-18-9-11-19(12-10-18)22(26)24-25-23(27)20-13-15-21(16-14-20)28-17-6-4-2/h13-16,18-19H,3-12,17H2,1-2H3,(H,24,26)(H,25,27). The fourth-order valence-corrected chi connectivity index (χ4v) is 3.73. The third-order valence-electron chi connectivity index (χ3n) is 5.62. The SMILES string of the molecule is CCCCCC1CCC(C(=O)NNC(=O)c2ccc(OCCCC)cc2)CC1. The fraction of sp³-hybridized carbons (Fsp3) is 0.652. The third kappa shape index (κ3) is 7.53. The van der Waals surface area contributed by atoms with Gasteiger partial charge in [0.2, 0.25) is 5.91 Å². The van der Waals surface area contributed by atoms with Crippen molar-refractivity contribution in [3.8, 4) is 5.75 Å². The van der Waals surface area contributed by atoms with E-state index in [-0.39, 0.29) is 17.7 Å². The molecule has 2 amide bonds. The molecule has 28 heavy (non-hydrogen) atoms. The zero-order valence-electron chi connectivity index (χ0n) is 17.5. The summed E-state index contributed by atoms with van der Waals surface area (Å²) in [5.41, 5.74) is 5.65. The van der Waals surface area contributed by atoms with Crippen LogP contribution in [0, 0.1) is 11.8 Å². The van der Waals surface area contributed by atoms with E-state index in [2.05, 4.69) is 24.7 Å². The lowest BCUT2D eigenvalue weighted by Gasteiger charge is -2.27. The first kappa shape index (κ1) is 22.3. The van der Waals surface area contributed by atoms with Crippen molar-refractivity contribution in [3.05, 3.63) is 29.8 Å². The van der Waals surface area contributed by atoms with E-state index in [0.717, 1.165) is 50.2 Å². The van der Waals surface area contributed by atoms with Gasteiger partial charge in [-0.3, -0.25) is 20.4 Å². The Hall–Kier alpha value is -2.04. The van der Waals surface area contributed by atoms with Gasteiger partial charge in [-0.25, -0.2) is 0 Å². The minimum atomic E-state index is -0.304. The molecule has 0 unspecified atom stereocenters. The molecule has 1 aliphatic carbocycles. The molecule has 0 atom stereocenters. The van der Waals surface area contributed by atoms with Crippen molar-refractivity contribution in [1.29, 1.82) is 0 Å². The van der Waals surface area contributed by atoms with Gasteiger partial charge in [-0.15, -0.1) is 0 Å². The van der Waals surface area contributed by atoms with Crippen LogP contribution in [0.2, 0.25) is 0 Å². The van der Waals surface area contributed by atoms with Crippen molar-refractivity contribution in [3.63, 3.8) is 0 Å². The first-order valence-corrected chi connectivity index (χ1v) is 11.0. The molecule has 0 bridgehead atoms. The number of carbonyl (C=O) groups is 2. The summed E-state index contributed by atoms with van der Waals surface area (Å²) in [6.45, 7) is 5.02. The average molecular weight is 389 g/mol. The van der Waals surface area contributed by atoms with Crippen molar-refractivity contribution in [2.24, 2.45) is 11.8 Å². The van der Waals surface area contributed by atoms with Crippen molar-refractivity contribution in [1.82, 2.24) is 10.9 Å². The van der Waals surface area contributed by atoms with Crippen LogP contribution >= 0.6 is 0 Å². The van der Waals surface area contributed by atoms with Crippen molar-refractivity contribution < 1.29 is 14.3 Å². The van der Waals surface area contributed by atoms with Gasteiger partial charge in [-0.2, -0.15) is 0 Å². The lowest BCUT2D eigenvalue weighted by Crippen LogP contribution is -2.45. The minimum Gasteiger partial charge on any atom is -0.494 e. The number of hydrogen-bond donors (Lipinski definition) is 2. The molecule has 1 aromatic carbocycles. The van der Waals surface area contributed by atoms with Gasteiger partial charge in [0, 0.05) is 11.5 Å². The molecule has 0 spiro atoms. The van der Waals surface area contributed by atoms with Crippen LogP contribution in [0.25, 0.3) is 0 Å². The van der Waals surface area contributed by atoms with Crippen LogP contribution in [0.15, 0.2) is 24.3 Å². The van der Waals surface area contributed by atoms with Crippen LogP contribution in [-0.4, -0.2) is 18.4 Å². The predicted octanol–water partition coefficient (Wildman–Crippen LogP) is 5.01. The molecule has 5 nitrogen and oxygen atoms in total. The van der Waals surface area contributed by atoms with E-state index in [4.69, 9.17) is 4.74 Å². The van der Waals surface area contributed by atoms with E-state index in [1.54, 1.807) is 24.3 Å². The van der Waals surface area contributed by atoms with Gasteiger partial charge >= 0.3 is 0 Å². The Morgan fingerprint density at radius 3 is 2.25 bits per heavy atom. The first-order valence-electron chi connectivity index (χ1n) is 11.0. The molecule has 1 fully saturated rings. The maximum Gasteiger partial charge on any atom is 0.269 e. The quantitative estimate of drug-likeness (QED) is 0.437. The molecular weight excluding hydrogens is 352 g/mol. The Bertz CT molecular complexity index is 592. The summed E-state index contributed by atoms with van der Waals surface area (Å²) in [5, 5.41) is 0. The number of rotatable bonds is 10. The van der Waals surface area contributed by atoms with E-state index in [9.17, 15) is 9.59 Å². The second-order valence-electron chi connectivity index (χ2n) is 7.88. The number of hydrazine groups is 1. The second-order valence-corrected chi connectivity index (χ2v) is 7.88. The van der Waals surface area contributed by atoms with Gasteiger partial charge < -0.3 is 4.74 Å². The van der Waals surface area contributed by atoms with Crippen molar-refractivity contribution >= 4 is 11.8 Å². The number of unbranched alkanes of at least 4 members (excludes halogenated alkanes) is 3. The molecule has 0 aromatic heterocycles. The largest absolute Gasteiger partial charge is 0.494 e. The van der Waals surface area contributed by atoms with Crippen LogP contribution in [-0.2, 0) is 4.79 Å². The highest BCUT2D eigenvalue weighted by atomic mass is 16.5. The molecule has 1 saturated carbocycles. The maximum atomic E-state index is 12.4. The van der Waals surface area contributed by atoms with Crippen molar-refractivity contribution in [2.75, 3.05) is 6.61 Å². The normalized spacial score (nSPS) is 19.1. The number of ether oxygens (including phenoxy) is 1.